The quantitative estimate of drug-likeness (QED) is 0.728. The molecule has 4 rings (SSSR count). The summed E-state index contributed by atoms with van der Waals surface area (Å²) in [6.45, 7) is 2.22. The van der Waals surface area contributed by atoms with E-state index in [4.69, 9.17) is 0 Å². The van der Waals surface area contributed by atoms with E-state index in [9.17, 15) is 22.0 Å². The fourth-order valence-corrected chi connectivity index (χ4v) is 5.85. The molecule has 2 saturated heterocycles. The second-order valence-corrected chi connectivity index (χ2v) is 10.2. The summed E-state index contributed by atoms with van der Waals surface area (Å²) in [7, 11) is -3.94. The van der Waals surface area contributed by atoms with E-state index in [-0.39, 0.29) is 29.8 Å². The van der Waals surface area contributed by atoms with Gasteiger partial charge in [0.2, 0.25) is 15.9 Å². The fourth-order valence-electron chi connectivity index (χ4n) is 4.37. The Labute approximate surface area is 187 Å². The lowest BCUT2D eigenvalue weighted by Gasteiger charge is -2.32. The summed E-state index contributed by atoms with van der Waals surface area (Å²) in [4.78, 5) is 14.9. The molecule has 0 unspecified atom stereocenters. The highest BCUT2D eigenvalue weighted by atomic mass is 32.2. The molecule has 2 aromatic rings. The predicted octanol–water partition coefficient (Wildman–Crippen LogP) is 3.99. The third kappa shape index (κ3) is 4.78. The number of nitrogens with one attached hydrogen (secondary N) is 1. The van der Waals surface area contributed by atoms with Crippen LogP contribution in [-0.2, 0) is 14.8 Å². The van der Waals surface area contributed by atoms with Crippen molar-refractivity contribution in [2.75, 3.05) is 36.4 Å². The molecule has 0 aliphatic carbocycles. The van der Waals surface area contributed by atoms with Gasteiger partial charge < -0.3 is 10.2 Å². The number of piperidine rings is 2. The monoisotopic (exact) mass is 463 g/mol. The van der Waals surface area contributed by atoms with Gasteiger partial charge in [0.1, 0.15) is 0 Å². The number of nitrogens with zero attached hydrogens (tertiary/aromatic N) is 2. The molecule has 0 spiro atoms. The zero-order valence-corrected chi connectivity index (χ0v) is 18.6. The summed E-state index contributed by atoms with van der Waals surface area (Å²) in [6, 6.07) is 10.3. The van der Waals surface area contributed by atoms with E-state index in [1.165, 1.54) is 10.7 Å². The molecule has 6 nitrogen and oxygen atoms in total. The van der Waals surface area contributed by atoms with Gasteiger partial charge in [0.25, 0.3) is 0 Å². The van der Waals surface area contributed by atoms with Crippen LogP contribution in [0.25, 0.3) is 0 Å². The maximum Gasteiger partial charge on any atom is 0.243 e. The Morgan fingerprint density at radius 2 is 1.59 bits per heavy atom. The first-order valence-corrected chi connectivity index (χ1v) is 12.4. The van der Waals surface area contributed by atoms with E-state index in [0.717, 1.165) is 49.4 Å². The average Bonchev–Trinajstić information content (AvgIpc) is 2.82. The summed E-state index contributed by atoms with van der Waals surface area (Å²) in [5.74, 6) is -2.74. The summed E-state index contributed by atoms with van der Waals surface area (Å²) in [5.41, 5.74) is 1.79. The molecule has 0 saturated carbocycles. The lowest BCUT2D eigenvalue weighted by molar-refractivity contribution is -0.120. The molecule has 0 aromatic heterocycles. The van der Waals surface area contributed by atoms with Crippen LogP contribution >= 0.6 is 0 Å². The highest BCUT2D eigenvalue weighted by Crippen LogP contribution is 2.30. The third-order valence-electron chi connectivity index (χ3n) is 6.21. The first-order chi connectivity index (χ1) is 15.4. The first-order valence-electron chi connectivity index (χ1n) is 11.0. The van der Waals surface area contributed by atoms with Gasteiger partial charge in [-0.15, -0.1) is 0 Å². The van der Waals surface area contributed by atoms with Crippen molar-refractivity contribution in [3.05, 3.63) is 54.1 Å². The van der Waals surface area contributed by atoms with Gasteiger partial charge in [0.15, 0.2) is 11.6 Å². The van der Waals surface area contributed by atoms with Gasteiger partial charge in [-0.2, -0.15) is 4.31 Å². The predicted molar refractivity (Wildman–Crippen MR) is 119 cm³/mol. The van der Waals surface area contributed by atoms with Crippen LogP contribution in [0.1, 0.15) is 32.1 Å². The number of hydrogen-bond donors (Lipinski definition) is 1. The van der Waals surface area contributed by atoms with Crippen molar-refractivity contribution in [2.45, 2.75) is 37.0 Å². The number of rotatable bonds is 5. The number of carbonyl (C=O) groups excluding carboxylic acids is 1. The molecule has 32 heavy (non-hydrogen) atoms. The van der Waals surface area contributed by atoms with Crippen LogP contribution in [0.3, 0.4) is 0 Å². The molecule has 0 bridgehead atoms. The highest BCUT2D eigenvalue weighted by Gasteiger charge is 2.33. The summed E-state index contributed by atoms with van der Waals surface area (Å²) in [5, 5.41) is 3.04. The fraction of sp³-hybridized carbons (Fsp3) is 0.435. The Morgan fingerprint density at radius 3 is 2.28 bits per heavy atom. The van der Waals surface area contributed by atoms with Crippen molar-refractivity contribution in [2.24, 2.45) is 5.92 Å². The number of hydrogen-bond acceptors (Lipinski definition) is 4. The van der Waals surface area contributed by atoms with Crippen LogP contribution < -0.4 is 10.2 Å². The molecule has 2 aliphatic heterocycles. The Hall–Kier alpha value is -2.52. The van der Waals surface area contributed by atoms with Crippen molar-refractivity contribution in [1.82, 2.24) is 4.31 Å². The number of benzene rings is 2. The number of amides is 1. The Morgan fingerprint density at radius 1 is 0.906 bits per heavy atom. The number of halogens is 2. The minimum absolute atomic E-state index is 0.126. The third-order valence-corrected chi connectivity index (χ3v) is 8.11. The van der Waals surface area contributed by atoms with Gasteiger partial charge in [-0.1, -0.05) is 12.1 Å². The lowest BCUT2D eigenvalue weighted by atomic mass is 9.97. The minimum Gasteiger partial charge on any atom is -0.370 e. The molecule has 2 aromatic carbocycles. The smallest absolute Gasteiger partial charge is 0.243 e. The van der Waals surface area contributed by atoms with Crippen LogP contribution in [0, 0.1) is 17.6 Å². The van der Waals surface area contributed by atoms with Crippen molar-refractivity contribution in [3.8, 4) is 0 Å². The molecule has 2 fully saturated rings. The van der Waals surface area contributed by atoms with E-state index in [2.05, 4.69) is 10.2 Å². The maximum absolute atomic E-state index is 13.5. The second kappa shape index (κ2) is 9.54. The molecule has 0 radical (unpaired) electrons. The molecule has 0 atom stereocenters. The molecule has 2 aliphatic rings. The standard InChI is InChI=1S/C23H27F2N3O3S/c24-19-9-8-18(16-20(19)25)32(30,31)28-14-10-17(11-15-28)23(29)26-21-6-2-3-7-22(21)27-12-4-1-5-13-27/h2-3,6-9,16-17H,1,4-5,10-15H2,(H,26,29). The van der Waals surface area contributed by atoms with Gasteiger partial charge in [0.05, 0.1) is 16.3 Å². The Balaban J connectivity index is 1.39. The van der Waals surface area contributed by atoms with Crippen molar-refractivity contribution in [1.29, 1.82) is 0 Å². The summed E-state index contributed by atoms with van der Waals surface area (Å²) < 4.78 is 53.4. The van der Waals surface area contributed by atoms with E-state index < -0.39 is 21.7 Å². The van der Waals surface area contributed by atoms with E-state index in [1.807, 2.05) is 24.3 Å². The molecule has 1 amide bonds. The van der Waals surface area contributed by atoms with Gasteiger partial charge >= 0.3 is 0 Å². The molecule has 1 N–H and O–H groups in total. The lowest BCUT2D eigenvalue weighted by Crippen LogP contribution is -2.41. The minimum atomic E-state index is -3.94. The van der Waals surface area contributed by atoms with Crippen molar-refractivity contribution < 1.29 is 22.0 Å². The second-order valence-electron chi connectivity index (χ2n) is 8.31. The molecule has 9 heteroatoms. The van der Waals surface area contributed by atoms with Gasteiger partial charge in [-0.25, -0.2) is 17.2 Å². The topological polar surface area (TPSA) is 69.7 Å². The summed E-state index contributed by atoms with van der Waals surface area (Å²) >= 11 is 0. The van der Waals surface area contributed by atoms with E-state index in [1.54, 1.807) is 0 Å². The van der Waals surface area contributed by atoms with E-state index in [0.29, 0.717) is 18.9 Å². The Kier molecular flexibility index (Phi) is 6.76. The first kappa shape index (κ1) is 22.7. The van der Waals surface area contributed by atoms with Crippen LogP contribution in [0.5, 0.6) is 0 Å². The number of carbonyl (C=O) groups is 1. The number of para-hydroxylation sites is 2. The van der Waals surface area contributed by atoms with Crippen LogP contribution in [0.15, 0.2) is 47.4 Å². The number of sulfonamides is 1. The molecule has 2 heterocycles. The van der Waals surface area contributed by atoms with E-state index >= 15 is 0 Å². The largest absolute Gasteiger partial charge is 0.370 e. The average molecular weight is 464 g/mol. The molecular weight excluding hydrogens is 436 g/mol. The highest BCUT2D eigenvalue weighted by molar-refractivity contribution is 7.89. The molecular formula is C23H27F2N3O3S. The normalized spacial score (nSPS) is 18.5. The zero-order chi connectivity index (χ0) is 22.7. The Bertz CT molecular complexity index is 1080. The van der Waals surface area contributed by atoms with Crippen LogP contribution in [-0.4, -0.2) is 44.8 Å². The van der Waals surface area contributed by atoms with Crippen LogP contribution in [0.2, 0.25) is 0 Å². The van der Waals surface area contributed by atoms with Crippen molar-refractivity contribution in [3.63, 3.8) is 0 Å². The van der Waals surface area contributed by atoms with Crippen LogP contribution in [0.4, 0.5) is 20.2 Å². The van der Waals surface area contributed by atoms with Gasteiger partial charge in [0, 0.05) is 32.1 Å². The maximum atomic E-state index is 13.5. The van der Waals surface area contributed by atoms with Crippen molar-refractivity contribution >= 4 is 27.3 Å². The van der Waals surface area contributed by atoms with Gasteiger partial charge in [-0.3, -0.25) is 4.79 Å². The van der Waals surface area contributed by atoms with Gasteiger partial charge in [-0.05, 0) is 62.4 Å². The summed E-state index contributed by atoms with van der Waals surface area (Å²) in [6.07, 6.45) is 4.21. The molecule has 172 valence electrons. The number of anilines is 2. The zero-order valence-electron chi connectivity index (χ0n) is 17.8. The SMILES string of the molecule is O=C(Nc1ccccc1N1CCCCC1)C1CCN(S(=O)(=O)c2ccc(F)c(F)c2)CC1.